The predicted octanol–water partition coefficient (Wildman–Crippen LogP) is 1.08. The highest BCUT2D eigenvalue weighted by Crippen LogP contribution is 2.30. The van der Waals surface area contributed by atoms with Crippen LogP contribution in [0.2, 0.25) is 0 Å². The van der Waals surface area contributed by atoms with E-state index in [1.807, 2.05) is 11.8 Å². The molecule has 1 aromatic heterocycles. The van der Waals surface area contributed by atoms with Gasteiger partial charge in [-0.15, -0.1) is 0 Å². The van der Waals surface area contributed by atoms with Crippen molar-refractivity contribution in [3.63, 3.8) is 0 Å². The maximum Gasteiger partial charge on any atom is 0.227 e. The summed E-state index contributed by atoms with van der Waals surface area (Å²) >= 11 is 0. The van der Waals surface area contributed by atoms with Crippen LogP contribution < -0.4 is 10.2 Å². The van der Waals surface area contributed by atoms with Gasteiger partial charge in [0.25, 0.3) is 0 Å². The van der Waals surface area contributed by atoms with Crippen LogP contribution in [0, 0.1) is 12.8 Å². The molecule has 0 spiro atoms. The molecular weight excluding hydrogens is 278 g/mol. The Bertz CT molecular complexity index is 564. The molecule has 1 unspecified atom stereocenters. The fourth-order valence-electron chi connectivity index (χ4n) is 3.42. The Labute approximate surface area is 131 Å². The highest BCUT2D eigenvalue weighted by Gasteiger charge is 2.33. The molecule has 6 nitrogen and oxygen atoms in total. The van der Waals surface area contributed by atoms with Gasteiger partial charge in [0.05, 0.1) is 24.7 Å². The molecule has 0 aromatic carbocycles. The first kappa shape index (κ1) is 15.2. The highest BCUT2D eigenvalue weighted by molar-refractivity contribution is 5.80. The van der Waals surface area contributed by atoms with E-state index < -0.39 is 0 Å². The van der Waals surface area contributed by atoms with Crippen LogP contribution in [0.15, 0.2) is 0 Å². The van der Waals surface area contributed by atoms with Gasteiger partial charge in [0, 0.05) is 25.2 Å². The van der Waals surface area contributed by atoms with Gasteiger partial charge in [0.15, 0.2) is 0 Å². The fourth-order valence-corrected chi connectivity index (χ4v) is 3.42. The van der Waals surface area contributed by atoms with Gasteiger partial charge in [-0.25, -0.2) is 9.97 Å². The van der Waals surface area contributed by atoms with Gasteiger partial charge in [0.1, 0.15) is 11.6 Å². The summed E-state index contributed by atoms with van der Waals surface area (Å²) in [6, 6.07) is 0. The Hall–Kier alpha value is -1.69. The fraction of sp³-hybridized carbons (Fsp3) is 0.688. The number of hydrogen-bond donors (Lipinski definition) is 1. The minimum absolute atomic E-state index is 0.125. The van der Waals surface area contributed by atoms with E-state index >= 15 is 0 Å². The van der Waals surface area contributed by atoms with E-state index in [-0.39, 0.29) is 11.8 Å². The van der Waals surface area contributed by atoms with Crippen LogP contribution in [0.1, 0.15) is 37.4 Å². The first-order valence-electron chi connectivity index (χ1n) is 8.24. The van der Waals surface area contributed by atoms with Crippen molar-refractivity contribution in [2.45, 2.75) is 40.3 Å². The molecule has 3 heterocycles. The molecule has 6 heteroatoms. The molecule has 3 rings (SSSR count). The number of aromatic nitrogens is 2. The molecule has 1 aromatic rings. The molecule has 1 N–H and O–H groups in total. The summed E-state index contributed by atoms with van der Waals surface area (Å²) in [5.74, 6) is 2.18. The van der Waals surface area contributed by atoms with E-state index in [0.717, 1.165) is 55.5 Å². The first-order valence-corrected chi connectivity index (χ1v) is 8.24. The molecule has 1 fully saturated rings. The third-order valence-electron chi connectivity index (χ3n) is 4.66. The average molecular weight is 303 g/mol. The van der Waals surface area contributed by atoms with Gasteiger partial charge in [0.2, 0.25) is 5.91 Å². The Morgan fingerprint density at radius 3 is 2.73 bits per heavy atom. The highest BCUT2D eigenvalue weighted by atomic mass is 16.2. The van der Waals surface area contributed by atoms with E-state index in [1.54, 1.807) is 0 Å². The van der Waals surface area contributed by atoms with Crippen molar-refractivity contribution < 1.29 is 4.79 Å². The Kier molecular flexibility index (Phi) is 4.29. The standard InChI is InChI=1S/C16H25N5O/c1-4-20(5-2)15-13-9-21(10-14(13)18-11(3)19-15)16(22)12-6-7-17-8-12/h12,17H,4-10H2,1-3H3. The lowest BCUT2D eigenvalue weighted by atomic mass is 10.1. The van der Waals surface area contributed by atoms with Crippen molar-refractivity contribution in [1.82, 2.24) is 20.2 Å². The zero-order valence-electron chi connectivity index (χ0n) is 13.7. The van der Waals surface area contributed by atoms with Gasteiger partial charge >= 0.3 is 0 Å². The molecule has 120 valence electrons. The zero-order chi connectivity index (χ0) is 15.7. The lowest BCUT2D eigenvalue weighted by molar-refractivity contribution is -0.135. The van der Waals surface area contributed by atoms with Crippen molar-refractivity contribution in [3.8, 4) is 0 Å². The topological polar surface area (TPSA) is 61.4 Å². The molecule has 0 bridgehead atoms. The number of fused-ring (bicyclic) bond motifs is 1. The average Bonchev–Trinajstić information content (AvgIpc) is 3.16. The minimum atomic E-state index is 0.125. The second kappa shape index (κ2) is 6.20. The number of hydrogen-bond acceptors (Lipinski definition) is 5. The summed E-state index contributed by atoms with van der Waals surface area (Å²) in [7, 11) is 0. The minimum Gasteiger partial charge on any atom is -0.357 e. The van der Waals surface area contributed by atoms with Gasteiger partial charge in [-0.1, -0.05) is 0 Å². The molecule has 2 aliphatic rings. The second-order valence-corrected chi connectivity index (χ2v) is 6.08. The maximum atomic E-state index is 12.6. The van der Waals surface area contributed by atoms with Gasteiger partial charge in [-0.05, 0) is 33.7 Å². The summed E-state index contributed by atoms with van der Waals surface area (Å²) in [6.45, 7) is 11.1. The van der Waals surface area contributed by atoms with Crippen LogP contribution in [0.3, 0.4) is 0 Å². The number of rotatable bonds is 4. The Balaban J connectivity index is 1.85. The summed E-state index contributed by atoms with van der Waals surface area (Å²) in [6.07, 6.45) is 0.944. The number of carbonyl (C=O) groups is 1. The monoisotopic (exact) mass is 303 g/mol. The van der Waals surface area contributed by atoms with E-state index in [4.69, 9.17) is 0 Å². The number of nitrogens with one attached hydrogen (secondary N) is 1. The molecule has 0 aliphatic carbocycles. The smallest absolute Gasteiger partial charge is 0.227 e. The lowest BCUT2D eigenvalue weighted by Gasteiger charge is -2.23. The molecular formula is C16H25N5O. The molecule has 1 saturated heterocycles. The van der Waals surface area contributed by atoms with E-state index in [1.165, 1.54) is 0 Å². The van der Waals surface area contributed by atoms with Crippen LogP contribution in [0.25, 0.3) is 0 Å². The van der Waals surface area contributed by atoms with Crippen LogP contribution in [-0.2, 0) is 17.9 Å². The van der Waals surface area contributed by atoms with Crippen molar-refractivity contribution in [1.29, 1.82) is 0 Å². The number of anilines is 1. The van der Waals surface area contributed by atoms with Gasteiger partial charge in [-0.3, -0.25) is 4.79 Å². The largest absolute Gasteiger partial charge is 0.357 e. The summed E-state index contributed by atoms with van der Waals surface area (Å²) < 4.78 is 0. The van der Waals surface area contributed by atoms with Crippen molar-refractivity contribution >= 4 is 11.7 Å². The van der Waals surface area contributed by atoms with E-state index in [0.29, 0.717) is 13.1 Å². The van der Waals surface area contributed by atoms with Crippen molar-refractivity contribution in [3.05, 3.63) is 17.1 Å². The lowest BCUT2D eigenvalue weighted by Crippen LogP contribution is -2.33. The third-order valence-corrected chi connectivity index (χ3v) is 4.66. The number of aryl methyl sites for hydroxylation is 1. The SMILES string of the molecule is CCN(CC)c1nc(C)nc2c1CN(C(=O)C1CCNC1)C2. The summed E-state index contributed by atoms with van der Waals surface area (Å²) in [5, 5.41) is 3.27. The van der Waals surface area contributed by atoms with Crippen LogP contribution in [-0.4, -0.2) is 47.0 Å². The Morgan fingerprint density at radius 1 is 1.32 bits per heavy atom. The van der Waals surface area contributed by atoms with Crippen LogP contribution in [0.5, 0.6) is 0 Å². The third kappa shape index (κ3) is 2.67. The van der Waals surface area contributed by atoms with Crippen LogP contribution >= 0.6 is 0 Å². The first-order chi connectivity index (χ1) is 10.6. The molecule has 0 saturated carbocycles. The Morgan fingerprint density at radius 2 is 2.09 bits per heavy atom. The maximum absolute atomic E-state index is 12.6. The van der Waals surface area contributed by atoms with E-state index in [9.17, 15) is 4.79 Å². The van der Waals surface area contributed by atoms with Gasteiger partial charge < -0.3 is 15.1 Å². The molecule has 2 aliphatic heterocycles. The second-order valence-electron chi connectivity index (χ2n) is 6.08. The quantitative estimate of drug-likeness (QED) is 0.902. The molecule has 0 radical (unpaired) electrons. The molecule has 1 amide bonds. The van der Waals surface area contributed by atoms with Crippen LogP contribution in [0.4, 0.5) is 5.82 Å². The van der Waals surface area contributed by atoms with Gasteiger partial charge in [-0.2, -0.15) is 0 Å². The molecule has 22 heavy (non-hydrogen) atoms. The summed E-state index contributed by atoms with van der Waals surface area (Å²) in [4.78, 5) is 26.1. The predicted molar refractivity (Wildman–Crippen MR) is 85.6 cm³/mol. The number of amides is 1. The summed E-state index contributed by atoms with van der Waals surface area (Å²) in [5.41, 5.74) is 2.15. The zero-order valence-corrected chi connectivity index (χ0v) is 13.7. The van der Waals surface area contributed by atoms with Crippen molar-refractivity contribution in [2.24, 2.45) is 5.92 Å². The van der Waals surface area contributed by atoms with Crippen molar-refractivity contribution in [2.75, 3.05) is 31.1 Å². The normalized spacial score (nSPS) is 20.3. The number of carbonyl (C=O) groups excluding carboxylic acids is 1. The number of nitrogens with zero attached hydrogens (tertiary/aromatic N) is 4. The molecule has 1 atom stereocenters. The van der Waals surface area contributed by atoms with E-state index in [2.05, 4.69) is 34.0 Å².